The van der Waals surface area contributed by atoms with Crippen molar-refractivity contribution >= 4 is 0 Å². The highest BCUT2D eigenvalue weighted by atomic mass is 15.3. The molecule has 1 heterocycles. The van der Waals surface area contributed by atoms with Crippen LogP contribution in [0, 0.1) is 17.8 Å². The molecule has 0 spiro atoms. The summed E-state index contributed by atoms with van der Waals surface area (Å²) in [6, 6.07) is 3.25. The molecule has 1 aromatic rings. The first-order valence-corrected chi connectivity index (χ1v) is 8.93. The van der Waals surface area contributed by atoms with Gasteiger partial charge in [-0.15, -0.1) is 0 Å². The number of hydrogen-bond donors (Lipinski definition) is 1. The zero-order valence-corrected chi connectivity index (χ0v) is 13.7. The van der Waals surface area contributed by atoms with Crippen LogP contribution in [0.2, 0.25) is 0 Å². The molecule has 21 heavy (non-hydrogen) atoms. The van der Waals surface area contributed by atoms with Crippen molar-refractivity contribution < 1.29 is 0 Å². The first-order chi connectivity index (χ1) is 10.1. The number of hydrogen-bond acceptors (Lipinski definition) is 2. The normalized spacial score (nSPS) is 31.1. The highest BCUT2D eigenvalue weighted by molar-refractivity contribution is 5.03. The van der Waals surface area contributed by atoms with E-state index >= 15 is 0 Å². The van der Waals surface area contributed by atoms with E-state index in [4.69, 9.17) is 10.8 Å². The standard InChI is InChI=1S/C18H31N3/c1-13(2)14-7-8-18(19)15(11-14)12-16-9-10-21(20-16)17-5-3-4-6-17/h9-10,13-15,17-18H,3-8,11-12,19H2,1-2H3. The van der Waals surface area contributed by atoms with Gasteiger partial charge in [0.1, 0.15) is 0 Å². The molecule has 2 fully saturated rings. The molecule has 3 atom stereocenters. The Hall–Kier alpha value is -0.830. The van der Waals surface area contributed by atoms with Crippen LogP contribution in [0.4, 0.5) is 0 Å². The predicted molar refractivity (Wildman–Crippen MR) is 87.1 cm³/mol. The monoisotopic (exact) mass is 289 g/mol. The Kier molecular flexibility index (Phi) is 4.68. The zero-order chi connectivity index (χ0) is 14.8. The van der Waals surface area contributed by atoms with Crippen LogP contribution < -0.4 is 5.73 Å². The molecule has 0 aliphatic heterocycles. The van der Waals surface area contributed by atoms with Crippen LogP contribution >= 0.6 is 0 Å². The SMILES string of the molecule is CC(C)C1CCC(N)C(Cc2ccn(C3CCCC3)n2)C1. The minimum Gasteiger partial charge on any atom is -0.327 e. The van der Waals surface area contributed by atoms with E-state index in [1.165, 1.54) is 50.6 Å². The zero-order valence-electron chi connectivity index (χ0n) is 13.7. The van der Waals surface area contributed by atoms with E-state index in [1.807, 2.05) is 0 Å². The molecule has 0 bridgehead atoms. The molecule has 2 aliphatic carbocycles. The van der Waals surface area contributed by atoms with Crippen molar-refractivity contribution in [3.8, 4) is 0 Å². The fourth-order valence-electron chi connectivity index (χ4n) is 4.29. The summed E-state index contributed by atoms with van der Waals surface area (Å²) in [6.07, 6.45) is 12.4. The van der Waals surface area contributed by atoms with Crippen molar-refractivity contribution in [3.05, 3.63) is 18.0 Å². The lowest BCUT2D eigenvalue weighted by atomic mass is 9.72. The van der Waals surface area contributed by atoms with Gasteiger partial charge >= 0.3 is 0 Å². The molecule has 2 N–H and O–H groups in total. The van der Waals surface area contributed by atoms with Crippen molar-refractivity contribution in [1.82, 2.24) is 9.78 Å². The van der Waals surface area contributed by atoms with E-state index in [2.05, 4.69) is 30.8 Å². The lowest BCUT2D eigenvalue weighted by molar-refractivity contribution is 0.188. The summed E-state index contributed by atoms with van der Waals surface area (Å²) in [7, 11) is 0. The maximum Gasteiger partial charge on any atom is 0.0628 e. The van der Waals surface area contributed by atoms with E-state index < -0.39 is 0 Å². The maximum absolute atomic E-state index is 6.38. The molecule has 3 rings (SSSR count). The van der Waals surface area contributed by atoms with Gasteiger partial charge in [0.25, 0.3) is 0 Å². The van der Waals surface area contributed by atoms with Gasteiger partial charge in [0.2, 0.25) is 0 Å². The van der Waals surface area contributed by atoms with Crippen LogP contribution in [0.15, 0.2) is 12.3 Å². The fourth-order valence-corrected chi connectivity index (χ4v) is 4.29. The third-order valence-electron chi connectivity index (χ3n) is 5.86. The third-order valence-corrected chi connectivity index (χ3v) is 5.86. The first-order valence-electron chi connectivity index (χ1n) is 8.93. The molecule has 3 unspecified atom stereocenters. The molecule has 0 amide bonds. The maximum atomic E-state index is 6.38. The first kappa shape index (κ1) is 15.1. The summed E-state index contributed by atoms with van der Waals surface area (Å²) in [6.45, 7) is 4.71. The molecule has 0 radical (unpaired) electrons. The lowest BCUT2D eigenvalue weighted by Gasteiger charge is -2.35. The number of nitrogens with two attached hydrogens (primary N) is 1. The molecule has 2 aliphatic rings. The highest BCUT2D eigenvalue weighted by Gasteiger charge is 2.30. The number of rotatable bonds is 4. The molecule has 3 nitrogen and oxygen atoms in total. The van der Waals surface area contributed by atoms with Gasteiger partial charge in [-0.2, -0.15) is 5.10 Å². The Balaban J connectivity index is 1.62. The van der Waals surface area contributed by atoms with Crippen LogP contribution in [0.5, 0.6) is 0 Å². The van der Waals surface area contributed by atoms with Gasteiger partial charge in [0.05, 0.1) is 11.7 Å². The second-order valence-corrected chi connectivity index (χ2v) is 7.67. The van der Waals surface area contributed by atoms with Crippen LogP contribution in [-0.2, 0) is 6.42 Å². The van der Waals surface area contributed by atoms with E-state index in [0.717, 1.165) is 18.3 Å². The minimum absolute atomic E-state index is 0.372. The van der Waals surface area contributed by atoms with Gasteiger partial charge < -0.3 is 5.73 Å². The average molecular weight is 289 g/mol. The van der Waals surface area contributed by atoms with E-state index in [1.54, 1.807) is 0 Å². The van der Waals surface area contributed by atoms with Crippen LogP contribution in [0.1, 0.15) is 70.5 Å². The fraction of sp³-hybridized carbons (Fsp3) is 0.833. The summed E-state index contributed by atoms with van der Waals surface area (Å²) >= 11 is 0. The van der Waals surface area contributed by atoms with Gasteiger partial charge in [-0.3, -0.25) is 4.68 Å². The third kappa shape index (κ3) is 3.50. The minimum atomic E-state index is 0.372. The van der Waals surface area contributed by atoms with Crippen LogP contribution in [0.25, 0.3) is 0 Å². The molecule has 0 aromatic carbocycles. The molecular weight excluding hydrogens is 258 g/mol. The van der Waals surface area contributed by atoms with Gasteiger partial charge in [0.15, 0.2) is 0 Å². The quantitative estimate of drug-likeness (QED) is 0.912. The largest absolute Gasteiger partial charge is 0.327 e. The van der Waals surface area contributed by atoms with Crippen molar-refractivity contribution in [1.29, 1.82) is 0 Å². The smallest absolute Gasteiger partial charge is 0.0628 e. The molecule has 2 saturated carbocycles. The topological polar surface area (TPSA) is 43.8 Å². The summed E-state index contributed by atoms with van der Waals surface area (Å²) < 4.78 is 2.22. The van der Waals surface area contributed by atoms with Crippen LogP contribution in [0.3, 0.4) is 0 Å². The molecule has 118 valence electrons. The second kappa shape index (κ2) is 6.51. The number of aromatic nitrogens is 2. The Morgan fingerprint density at radius 1 is 1.24 bits per heavy atom. The van der Waals surface area contributed by atoms with E-state index in [-0.39, 0.29) is 0 Å². The Morgan fingerprint density at radius 3 is 2.71 bits per heavy atom. The summed E-state index contributed by atoms with van der Waals surface area (Å²) in [5, 5.41) is 4.85. The van der Waals surface area contributed by atoms with Crippen molar-refractivity contribution in [2.75, 3.05) is 0 Å². The Labute approximate surface area is 129 Å². The summed E-state index contributed by atoms with van der Waals surface area (Å²) in [4.78, 5) is 0. The summed E-state index contributed by atoms with van der Waals surface area (Å²) in [5.74, 6) is 2.26. The molecule has 1 aromatic heterocycles. The highest BCUT2D eigenvalue weighted by Crippen LogP contribution is 2.35. The Bertz CT molecular complexity index is 445. The van der Waals surface area contributed by atoms with Crippen molar-refractivity contribution in [2.24, 2.45) is 23.5 Å². The van der Waals surface area contributed by atoms with E-state index in [0.29, 0.717) is 18.0 Å². The van der Waals surface area contributed by atoms with Crippen LogP contribution in [-0.4, -0.2) is 15.8 Å². The molecule has 3 heteroatoms. The molecule has 0 saturated heterocycles. The van der Waals surface area contributed by atoms with Gasteiger partial charge in [-0.05, 0) is 62.3 Å². The predicted octanol–water partition coefficient (Wildman–Crippen LogP) is 3.94. The lowest BCUT2D eigenvalue weighted by Crippen LogP contribution is -2.38. The second-order valence-electron chi connectivity index (χ2n) is 7.67. The van der Waals surface area contributed by atoms with E-state index in [9.17, 15) is 0 Å². The van der Waals surface area contributed by atoms with Crippen molar-refractivity contribution in [3.63, 3.8) is 0 Å². The number of nitrogens with zero attached hydrogens (tertiary/aromatic N) is 2. The van der Waals surface area contributed by atoms with Gasteiger partial charge in [-0.1, -0.05) is 26.7 Å². The van der Waals surface area contributed by atoms with Gasteiger partial charge in [-0.25, -0.2) is 0 Å². The van der Waals surface area contributed by atoms with Crippen molar-refractivity contribution in [2.45, 2.75) is 77.3 Å². The average Bonchev–Trinajstić information content (AvgIpc) is 3.11. The van der Waals surface area contributed by atoms with Gasteiger partial charge in [0, 0.05) is 12.2 Å². The molecular formula is C18H31N3. The Morgan fingerprint density at radius 2 is 2.00 bits per heavy atom. The summed E-state index contributed by atoms with van der Waals surface area (Å²) in [5.41, 5.74) is 7.64.